The van der Waals surface area contributed by atoms with Crippen molar-refractivity contribution in [3.05, 3.63) is 29.8 Å². The van der Waals surface area contributed by atoms with Gasteiger partial charge in [0.25, 0.3) is 0 Å². The number of aryl methyl sites for hydroxylation is 1. The van der Waals surface area contributed by atoms with Crippen molar-refractivity contribution >= 4 is 5.69 Å². The second kappa shape index (κ2) is 8.11. The Hall–Kier alpha value is -1.06. The first-order chi connectivity index (χ1) is 8.67. The molecule has 18 heavy (non-hydrogen) atoms. The minimum Gasteiger partial charge on any atom is -0.396 e. The predicted octanol–water partition coefficient (Wildman–Crippen LogP) is 2.69. The Balaban J connectivity index is 2.64. The van der Waals surface area contributed by atoms with Gasteiger partial charge in [0.1, 0.15) is 0 Å². The fourth-order valence-electron chi connectivity index (χ4n) is 1.89. The normalized spacial score (nSPS) is 12.7. The summed E-state index contributed by atoms with van der Waals surface area (Å²) in [7, 11) is 1.73. The number of aliphatic hydroxyl groups excluding tert-OH is 1. The maximum absolute atomic E-state index is 8.85. The Kier molecular flexibility index (Phi) is 6.76. The lowest BCUT2D eigenvalue weighted by Crippen LogP contribution is -2.30. The molecule has 0 saturated carbocycles. The van der Waals surface area contributed by atoms with Gasteiger partial charge < -0.3 is 15.2 Å². The molecular weight excluding hydrogens is 226 g/mol. The van der Waals surface area contributed by atoms with Crippen LogP contribution < -0.4 is 5.32 Å². The number of rotatable bonds is 8. The van der Waals surface area contributed by atoms with Crippen LogP contribution in [0.5, 0.6) is 0 Å². The Bertz CT molecular complexity index is 339. The molecule has 0 radical (unpaired) electrons. The van der Waals surface area contributed by atoms with Crippen molar-refractivity contribution in [3.8, 4) is 0 Å². The Morgan fingerprint density at radius 1 is 1.33 bits per heavy atom. The van der Waals surface area contributed by atoms with Gasteiger partial charge in [-0.15, -0.1) is 0 Å². The van der Waals surface area contributed by atoms with Gasteiger partial charge in [0, 0.05) is 19.4 Å². The van der Waals surface area contributed by atoms with Crippen molar-refractivity contribution in [1.29, 1.82) is 0 Å². The largest absolute Gasteiger partial charge is 0.396 e. The van der Waals surface area contributed by atoms with E-state index in [-0.39, 0.29) is 6.61 Å². The van der Waals surface area contributed by atoms with Gasteiger partial charge in [0.15, 0.2) is 0 Å². The Labute approximate surface area is 110 Å². The first-order valence-electron chi connectivity index (χ1n) is 6.62. The number of nitrogens with one attached hydrogen (secondary N) is 1. The molecule has 0 aliphatic heterocycles. The van der Waals surface area contributed by atoms with E-state index in [1.807, 2.05) is 0 Å². The van der Waals surface area contributed by atoms with Crippen LogP contribution in [0.15, 0.2) is 24.3 Å². The van der Waals surface area contributed by atoms with Gasteiger partial charge >= 0.3 is 0 Å². The average molecular weight is 251 g/mol. The first-order valence-corrected chi connectivity index (χ1v) is 6.62. The minimum atomic E-state index is 0.246. The Morgan fingerprint density at radius 2 is 2.11 bits per heavy atom. The summed E-state index contributed by atoms with van der Waals surface area (Å²) in [4.78, 5) is 0. The maximum Gasteiger partial charge on any atom is 0.0666 e. The SMILES string of the molecule is COCC(Nc1cccc(CCCO)c1)C(C)C. The lowest BCUT2D eigenvalue weighted by atomic mass is 10.0. The zero-order valence-electron chi connectivity index (χ0n) is 11.6. The van der Waals surface area contributed by atoms with Crippen molar-refractivity contribution in [1.82, 2.24) is 0 Å². The molecule has 1 rings (SSSR count). The average Bonchev–Trinajstić information content (AvgIpc) is 2.36. The maximum atomic E-state index is 8.85. The van der Waals surface area contributed by atoms with E-state index in [2.05, 4.69) is 43.4 Å². The zero-order chi connectivity index (χ0) is 13.4. The molecule has 1 aromatic carbocycles. The first kappa shape index (κ1) is 15.0. The van der Waals surface area contributed by atoms with Crippen LogP contribution >= 0.6 is 0 Å². The van der Waals surface area contributed by atoms with E-state index >= 15 is 0 Å². The van der Waals surface area contributed by atoms with Crippen molar-refractivity contribution in [2.75, 3.05) is 25.6 Å². The third-order valence-corrected chi connectivity index (χ3v) is 3.05. The molecule has 0 aromatic heterocycles. The van der Waals surface area contributed by atoms with Crippen LogP contribution in [0.4, 0.5) is 5.69 Å². The van der Waals surface area contributed by atoms with E-state index in [1.165, 1.54) is 5.56 Å². The number of hydrogen-bond acceptors (Lipinski definition) is 3. The molecule has 3 nitrogen and oxygen atoms in total. The van der Waals surface area contributed by atoms with Crippen LogP contribution in [0.1, 0.15) is 25.8 Å². The van der Waals surface area contributed by atoms with Crippen molar-refractivity contribution < 1.29 is 9.84 Å². The molecule has 0 spiro atoms. The van der Waals surface area contributed by atoms with E-state index < -0.39 is 0 Å². The number of anilines is 1. The van der Waals surface area contributed by atoms with Gasteiger partial charge in [0.05, 0.1) is 12.6 Å². The number of ether oxygens (including phenoxy) is 1. The molecule has 0 aliphatic carbocycles. The van der Waals surface area contributed by atoms with Crippen molar-refractivity contribution in [3.63, 3.8) is 0 Å². The highest BCUT2D eigenvalue weighted by atomic mass is 16.5. The lowest BCUT2D eigenvalue weighted by molar-refractivity contribution is 0.171. The minimum absolute atomic E-state index is 0.246. The molecule has 2 N–H and O–H groups in total. The van der Waals surface area contributed by atoms with Crippen LogP contribution in [0.25, 0.3) is 0 Å². The summed E-state index contributed by atoms with van der Waals surface area (Å²) in [6.45, 7) is 5.33. The van der Waals surface area contributed by atoms with E-state index in [0.717, 1.165) is 18.5 Å². The molecule has 1 unspecified atom stereocenters. The third kappa shape index (κ3) is 5.07. The summed E-state index contributed by atoms with van der Waals surface area (Å²) in [6.07, 6.45) is 1.73. The van der Waals surface area contributed by atoms with Crippen LogP contribution in [0, 0.1) is 5.92 Å². The van der Waals surface area contributed by atoms with E-state index in [9.17, 15) is 0 Å². The smallest absolute Gasteiger partial charge is 0.0666 e. The summed E-state index contributed by atoms with van der Waals surface area (Å²) < 4.78 is 5.24. The second-order valence-corrected chi connectivity index (χ2v) is 4.98. The molecule has 0 heterocycles. The molecular formula is C15H25NO2. The monoisotopic (exact) mass is 251 g/mol. The van der Waals surface area contributed by atoms with E-state index in [1.54, 1.807) is 7.11 Å². The van der Waals surface area contributed by atoms with Crippen LogP contribution in [0.3, 0.4) is 0 Å². The third-order valence-electron chi connectivity index (χ3n) is 3.05. The quantitative estimate of drug-likeness (QED) is 0.746. The van der Waals surface area contributed by atoms with Gasteiger partial charge in [-0.1, -0.05) is 26.0 Å². The van der Waals surface area contributed by atoms with Gasteiger partial charge in [-0.05, 0) is 36.5 Å². The molecule has 0 aliphatic rings. The van der Waals surface area contributed by atoms with Crippen LogP contribution in [-0.2, 0) is 11.2 Å². The Morgan fingerprint density at radius 3 is 2.72 bits per heavy atom. The molecule has 0 amide bonds. The van der Waals surface area contributed by atoms with Gasteiger partial charge in [-0.2, -0.15) is 0 Å². The molecule has 102 valence electrons. The predicted molar refractivity (Wildman–Crippen MR) is 76.0 cm³/mol. The second-order valence-electron chi connectivity index (χ2n) is 4.98. The topological polar surface area (TPSA) is 41.5 Å². The summed E-state index contributed by atoms with van der Waals surface area (Å²) in [5.41, 5.74) is 2.38. The summed E-state index contributed by atoms with van der Waals surface area (Å²) in [6, 6.07) is 8.71. The number of aliphatic hydroxyl groups is 1. The standard InChI is InChI=1S/C15H25NO2/c1-12(2)15(11-18-3)16-14-8-4-6-13(10-14)7-5-9-17/h4,6,8,10,12,15-17H,5,7,9,11H2,1-3H3. The summed E-state index contributed by atoms with van der Waals surface area (Å²) in [5.74, 6) is 0.519. The van der Waals surface area contributed by atoms with Gasteiger partial charge in [-0.25, -0.2) is 0 Å². The van der Waals surface area contributed by atoms with E-state index in [4.69, 9.17) is 9.84 Å². The number of benzene rings is 1. The van der Waals surface area contributed by atoms with Gasteiger partial charge in [-0.3, -0.25) is 0 Å². The van der Waals surface area contributed by atoms with Crippen LogP contribution in [0.2, 0.25) is 0 Å². The van der Waals surface area contributed by atoms with Crippen molar-refractivity contribution in [2.24, 2.45) is 5.92 Å². The highest BCUT2D eigenvalue weighted by Gasteiger charge is 2.12. The number of hydrogen-bond donors (Lipinski definition) is 2. The molecule has 3 heteroatoms. The number of methoxy groups -OCH3 is 1. The van der Waals surface area contributed by atoms with Crippen LogP contribution in [-0.4, -0.2) is 31.5 Å². The highest BCUT2D eigenvalue weighted by molar-refractivity contribution is 5.46. The molecule has 0 bridgehead atoms. The summed E-state index contributed by atoms with van der Waals surface area (Å²) >= 11 is 0. The molecule has 0 saturated heterocycles. The fraction of sp³-hybridized carbons (Fsp3) is 0.600. The fourth-order valence-corrected chi connectivity index (χ4v) is 1.89. The van der Waals surface area contributed by atoms with Crippen molar-refractivity contribution in [2.45, 2.75) is 32.7 Å². The molecule has 0 fully saturated rings. The lowest BCUT2D eigenvalue weighted by Gasteiger charge is -2.23. The molecule has 1 aromatic rings. The summed E-state index contributed by atoms with van der Waals surface area (Å²) in [5, 5.41) is 12.4. The van der Waals surface area contributed by atoms with E-state index in [0.29, 0.717) is 18.6 Å². The highest BCUT2D eigenvalue weighted by Crippen LogP contribution is 2.16. The zero-order valence-corrected chi connectivity index (χ0v) is 11.6. The van der Waals surface area contributed by atoms with Gasteiger partial charge in [0.2, 0.25) is 0 Å². The molecule has 1 atom stereocenters.